The van der Waals surface area contributed by atoms with Crippen LogP contribution in [0.5, 0.6) is 0 Å². The smallest absolute Gasteiger partial charge is 0.205 e. The molecular weight excluding hydrogens is 253 g/mol. The lowest BCUT2D eigenvalue weighted by Crippen LogP contribution is -2.58. The van der Waals surface area contributed by atoms with E-state index in [0.717, 1.165) is 5.69 Å². The van der Waals surface area contributed by atoms with Gasteiger partial charge < -0.3 is 4.90 Å². The average molecular weight is 267 g/mol. The van der Waals surface area contributed by atoms with Gasteiger partial charge in [-0.2, -0.15) is 5.26 Å². The molecule has 0 aromatic heterocycles. The minimum atomic E-state index is -1.53. The highest BCUT2D eigenvalue weighted by atomic mass is 19.1. The Morgan fingerprint density at radius 1 is 1.55 bits per heavy atom. The van der Waals surface area contributed by atoms with Crippen LogP contribution in [0.1, 0.15) is 12.5 Å². The molecule has 0 unspecified atom stereocenters. The molecule has 1 fully saturated rings. The highest BCUT2D eigenvalue weighted by Gasteiger charge is 2.42. The number of allylic oxidation sites excluding steroid dienone is 2. The summed E-state index contributed by atoms with van der Waals surface area (Å²) >= 11 is 0. The predicted octanol–water partition coefficient (Wildman–Crippen LogP) is 2.69. The summed E-state index contributed by atoms with van der Waals surface area (Å²) in [4.78, 5) is 5.54. The van der Waals surface area contributed by atoms with E-state index in [2.05, 4.69) is 29.6 Å². The maximum absolute atomic E-state index is 14.3. The summed E-state index contributed by atoms with van der Waals surface area (Å²) in [5.41, 5.74) is 0.359. The highest BCUT2D eigenvalue weighted by Crippen LogP contribution is 2.30. The third-order valence-corrected chi connectivity index (χ3v) is 3.08. The van der Waals surface area contributed by atoms with E-state index in [1.165, 1.54) is 0 Å². The van der Waals surface area contributed by atoms with Crippen LogP contribution in [-0.4, -0.2) is 25.5 Å². The first kappa shape index (κ1) is 13.8. The van der Waals surface area contributed by atoms with Crippen LogP contribution in [0.4, 0.5) is 10.1 Å². The molecule has 0 N–H and O–H groups in total. The molecule has 0 atom stereocenters. The normalized spacial score (nSPS) is 16.4. The van der Waals surface area contributed by atoms with Gasteiger partial charge in [-0.15, -0.1) is 0 Å². The molecule has 2 rings (SSSR count). The van der Waals surface area contributed by atoms with Crippen molar-refractivity contribution in [2.24, 2.45) is 4.99 Å². The number of hydrogen-bond acceptors (Lipinski definition) is 3. The van der Waals surface area contributed by atoms with Crippen LogP contribution in [0.15, 0.2) is 41.0 Å². The van der Waals surface area contributed by atoms with E-state index in [-0.39, 0.29) is 13.1 Å². The van der Waals surface area contributed by atoms with Gasteiger partial charge in [-0.25, -0.2) is 4.39 Å². The minimum absolute atomic E-state index is 0.197. The third-order valence-electron chi connectivity index (χ3n) is 3.08. The Bertz CT molecular complexity index is 652. The predicted molar refractivity (Wildman–Crippen MR) is 78.3 cm³/mol. The number of anilines is 1. The first-order valence-corrected chi connectivity index (χ1v) is 6.20. The third kappa shape index (κ3) is 2.87. The molecule has 0 aliphatic carbocycles. The van der Waals surface area contributed by atoms with Crippen LogP contribution in [0.2, 0.25) is 0 Å². The zero-order valence-corrected chi connectivity index (χ0v) is 11.2. The maximum Gasteiger partial charge on any atom is 0.205 e. The molecule has 0 bridgehead atoms. The summed E-state index contributed by atoms with van der Waals surface area (Å²) in [7, 11) is 0. The molecule has 0 radical (unpaired) electrons. The van der Waals surface area contributed by atoms with Crippen molar-refractivity contribution in [3.8, 4) is 17.9 Å². The first-order valence-electron chi connectivity index (χ1n) is 6.20. The molecule has 100 valence electrons. The maximum atomic E-state index is 14.3. The Labute approximate surface area is 118 Å². The number of hydrogen-bond donors (Lipinski definition) is 0. The molecule has 4 heteroatoms. The second-order valence-corrected chi connectivity index (χ2v) is 4.57. The zero-order chi connectivity index (χ0) is 14.6. The lowest BCUT2D eigenvalue weighted by molar-refractivity contribution is 0.192. The summed E-state index contributed by atoms with van der Waals surface area (Å²) < 4.78 is 14.3. The van der Waals surface area contributed by atoms with Crippen LogP contribution in [0.3, 0.4) is 0 Å². The number of rotatable bonds is 2. The SMILES string of the molecule is C=NC(C#CC1(F)CN(c2cccc(C#N)c2)C1)=CC. The molecule has 1 aromatic rings. The molecule has 1 aliphatic heterocycles. The average Bonchev–Trinajstić information content (AvgIpc) is 2.45. The van der Waals surface area contributed by atoms with Crippen molar-refractivity contribution in [3.05, 3.63) is 41.6 Å². The van der Waals surface area contributed by atoms with Crippen LogP contribution < -0.4 is 4.90 Å². The van der Waals surface area contributed by atoms with Gasteiger partial charge in [-0.1, -0.05) is 18.1 Å². The Hall–Kier alpha value is -2.59. The molecule has 1 aromatic carbocycles. The second-order valence-electron chi connectivity index (χ2n) is 4.57. The molecule has 0 spiro atoms. The van der Waals surface area contributed by atoms with Crippen LogP contribution in [-0.2, 0) is 0 Å². The molecule has 20 heavy (non-hydrogen) atoms. The number of nitriles is 1. The molecule has 1 heterocycles. The van der Waals surface area contributed by atoms with Crippen molar-refractivity contribution in [3.63, 3.8) is 0 Å². The largest absolute Gasteiger partial charge is 0.363 e. The van der Waals surface area contributed by atoms with E-state index in [1.807, 2.05) is 11.0 Å². The monoisotopic (exact) mass is 267 g/mol. The Morgan fingerprint density at radius 2 is 2.30 bits per heavy atom. The van der Waals surface area contributed by atoms with Crippen molar-refractivity contribution >= 4 is 12.4 Å². The molecule has 1 saturated heterocycles. The minimum Gasteiger partial charge on any atom is -0.363 e. The van der Waals surface area contributed by atoms with Crippen LogP contribution >= 0.6 is 0 Å². The summed E-state index contributed by atoms with van der Waals surface area (Å²) in [6, 6.07) is 9.19. The lowest BCUT2D eigenvalue weighted by Gasteiger charge is -2.42. The van der Waals surface area contributed by atoms with Gasteiger partial charge in [0.15, 0.2) is 0 Å². The van der Waals surface area contributed by atoms with Crippen molar-refractivity contribution in [2.75, 3.05) is 18.0 Å². The van der Waals surface area contributed by atoms with Gasteiger partial charge in [0.05, 0.1) is 24.7 Å². The Morgan fingerprint density at radius 3 is 2.90 bits per heavy atom. The van der Waals surface area contributed by atoms with Crippen molar-refractivity contribution in [2.45, 2.75) is 12.6 Å². The topological polar surface area (TPSA) is 39.4 Å². The van der Waals surface area contributed by atoms with Crippen molar-refractivity contribution < 1.29 is 4.39 Å². The summed E-state index contributed by atoms with van der Waals surface area (Å²) in [5, 5.41) is 8.85. The van der Waals surface area contributed by atoms with Gasteiger partial charge in [-0.05, 0) is 37.8 Å². The second kappa shape index (κ2) is 5.59. The summed E-state index contributed by atoms with van der Waals surface area (Å²) in [5.74, 6) is 5.28. The van der Waals surface area contributed by atoms with Gasteiger partial charge in [0.1, 0.15) is 5.70 Å². The van der Waals surface area contributed by atoms with Gasteiger partial charge in [-0.3, -0.25) is 4.99 Å². The van der Waals surface area contributed by atoms with Crippen molar-refractivity contribution in [1.29, 1.82) is 5.26 Å². The fraction of sp³-hybridized carbons (Fsp3) is 0.250. The van der Waals surface area contributed by atoms with Crippen LogP contribution in [0.25, 0.3) is 0 Å². The fourth-order valence-corrected chi connectivity index (χ4v) is 1.97. The quantitative estimate of drug-likeness (QED) is 0.610. The summed E-state index contributed by atoms with van der Waals surface area (Å²) in [6.45, 7) is 5.55. The summed E-state index contributed by atoms with van der Waals surface area (Å²) in [6.07, 6.45) is 1.69. The van der Waals surface area contributed by atoms with E-state index >= 15 is 0 Å². The Balaban J connectivity index is 2.06. The fourth-order valence-electron chi connectivity index (χ4n) is 1.97. The number of halogens is 1. The van der Waals surface area contributed by atoms with E-state index in [0.29, 0.717) is 11.3 Å². The first-order chi connectivity index (χ1) is 9.60. The molecule has 0 amide bonds. The van der Waals surface area contributed by atoms with Gasteiger partial charge >= 0.3 is 0 Å². The number of aliphatic imine (C=N–C) groups is 1. The Kier molecular flexibility index (Phi) is 3.86. The molecule has 3 nitrogen and oxygen atoms in total. The van der Waals surface area contributed by atoms with Gasteiger partial charge in [0, 0.05) is 5.69 Å². The van der Waals surface area contributed by atoms with Crippen LogP contribution in [0, 0.1) is 23.2 Å². The number of benzene rings is 1. The van der Waals surface area contributed by atoms with Crippen molar-refractivity contribution in [1.82, 2.24) is 0 Å². The van der Waals surface area contributed by atoms with E-state index in [1.54, 1.807) is 31.2 Å². The number of alkyl halides is 1. The van der Waals surface area contributed by atoms with E-state index in [9.17, 15) is 4.39 Å². The molecule has 1 aliphatic rings. The van der Waals surface area contributed by atoms with Gasteiger partial charge in [0.2, 0.25) is 5.67 Å². The lowest BCUT2D eigenvalue weighted by atomic mass is 9.95. The molecular formula is C16H14FN3. The van der Waals surface area contributed by atoms with Gasteiger partial charge in [0.25, 0.3) is 0 Å². The van der Waals surface area contributed by atoms with E-state index < -0.39 is 5.67 Å². The highest BCUT2D eigenvalue weighted by molar-refractivity contribution is 5.56. The zero-order valence-electron chi connectivity index (χ0n) is 11.2. The molecule has 0 saturated carbocycles. The number of nitrogens with zero attached hydrogens (tertiary/aromatic N) is 3. The van der Waals surface area contributed by atoms with E-state index in [4.69, 9.17) is 5.26 Å². The standard InChI is InChI=1S/C16H14FN3/c1-3-14(19-2)7-8-16(17)11-20(12-16)15-6-4-5-13(9-15)10-18/h3-6,9H,2,11-12H2,1H3.